The zero-order chi connectivity index (χ0) is 20.7. The Morgan fingerprint density at radius 2 is 1.93 bits per heavy atom. The molecule has 0 radical (unpaired) electrons. The largest absolute Gasteiger partial charge is 0.481 e. The Morgan fingerprint density at radius 1 is 1.30 bits per heavy atom. The van der Waals surface area contributed by atoms with E-state index < -0.39 is 42.7 Å². The molecular formula is C19H27FN2O5. The first-order valence-electron chi connectivity index (χ1n) is 8.93. The van der Waals surface area contributed by atoms with Gasteiger partial charge in [-0.2, -0.15) is 0 Å². The van der Waals surface area contributed by atoms with E-state index in [2.05, 4.69) is 5.32 Å². The van der Waals surface area contributed by atoms with Gasteiger partial charge < -0.3 is 15.0 Å². The fourth-order valence-corrected chi connectivity index (χ4v) is 2.95. The van der Waals surface area contributed by atoms with Gasteiger partial charge in [0.1, 0.15) is 12.7 Å². The Morgan fingerprint density at radius 3 is 2.41 bits per heavy atom. The summed E-state index contributed by atoms with van der Waals surface area (Å²) >= 11 is 0. The number of nitrogens with zero attached hydrogens (tertiary/aromatic N) is 1. The number of amides is 1. The molecule has 150 valence electrons. The SMILES string of the molecule is CCC(C(=O)NC(CC(=O)O)C(=O)CF)c1c(C)ccn(CC(C)C)c1=O. The Hall–Kier alpha value is -2.51. The normalized spacial score (nSPS) is 13.3. The molecule has 0 saturated carbocycles. The number of aliphatic carboxylic acids is 1. The standard InChI is InChI=1S/C19H27FN2O5/c1-5-13(18(26)21-14(8-16(24)25)15(23)9-20)17-12(4)6-7-22(19(17)27)10-11(2)3/h6-7,11,13-14H,5,8-10H2,1-4H3,(H,21,26)(H,24,25). The summed E-state index contributed by atoms with van der Waals surface area (Å²) < 4.78 is 14.2. The van der Waals surface area contributed by atoms with E-state index in [9.17, 15) is 23.6 Å². The van der Waals surface area contributed by atoms with Gasteiger partial charge in [0.25, 0.3) is 5.56 Å². The zero-order valence-electron chi connectivity index (χ0n) is 16.1. The van der Waals surface area contributed by atoms with Gasteiger partial charge in [-0.15, -0.1) is 0 Å². The van der Waals surface area contributed by atoms with Crippen LogP contribution in [0.2, 0.25) is 0 Å². The van der Waals surface area contributed by atoms with Crippen LogP contribution >= 0.6 is 0 Å². The van der Waals surface area contributed by atoms with Crippen molar-refractivity contribution < 1.29 is 23.9 Å². The van der Waals surface area contributed by atoms with E-state index >= 15 is 0 Å². The molecule has 1 rings (SSSR count). The smallest absolute Gasteiger partial charge is 0.305 e. The summed E-state index contributed by atoms with van der Waals surface area (Å²) in [6.07, 6.45) is 1.24. The second-order valence-corrected chi connectivity index (χ2v) is 6.98. The minimum atomic E-state index is -1.46. The zero-order valence-corrected chi connectivity index (χ0v) is 16.1. The lowest BCUT2D eigenvalue weighted by molar-refractivity contribution is -0.140. The lowest BCUT2D eigenvalue weighted by Crippen LogP contribution is -2.46. The second kappa shape index (κ2) is 9.99. The fraction of sp³-hybridized carbons (Fsp3) is 0.579. The Kier molecular flexibility index (Phi) is 8.33. The number of aromatic nitrogens is 1. The van der Waals surface area contributed by atoms with Gasteiger partial charge in [-0.3, -0.25) is 19.2 Å². The van der Waals surface area contributed by atoms with Gasteiger partial charge in [0.05, 0.1) is 12.3 Å². The molecule has 1 amide bonds. The average Bonchev–Trinajstić information content (AvgIpc) is 2.58. The molecule has 7 nitrogen and oxygen atoms in total. The molecule has 0 aliphatic rings. The molecule has 2 atom stereocenters. The molecule has 27 heavy (non-hydrogen) atoms. The van der Waals surface area contributed by atoms with E-state index in [0.717, 1.165) is 0 Å². The van der Waals surface area contributed by atoms with Crippen LogP contribution in [0.5, 0.6) is 0 Å². The number of carboxylic acid groups (broad SMARTS) is 1. The predicted octanol–water partition coefficient (Wildman–Crippen LogP) is 1.80. The van der Waals surface area contributed by atoms with Gasteiger partial charge in [0, 0.05) is 18.3 Å². The van der Waals surface area contributed by atoms with Gasteiger partial charge in [0.15, 0.2) is 5.78 Å². The van der Waals surface area contributed by atoms with Crippen molar-refractivity contribution in [3.05, 3.63) is 33.7 Å². The monoisotopic (exact) mass is 382 g/mol. The third kappa shape index (κ3) is 6.01. The first-order chi connectivity index (χ1) is 12.6. The van der Waals surface area contributed by atoms with Crippen molar-refractivity contribution in [2.24, 2.45) is 5.92 Å². The Balaban J connectivity index is 3.22. The van der Waals surface area contributed by atoms with E-state index in [1.54, 1.807) is 26.1 Å². The summed E-state index contributed by atoms with van der Waals surface area (Å²) in [7, 11) is 0. The molecule has 0 saturated heterocycles. The number of rotatable bonds is 10. The van der Waals surface area contributed by atoms with E-state index in [-0.39, 0.29) is 17.9 Å². The number of Topliss-reactive ketones (excluding diaryl/α,β-unsaturated/α-hetero) is 1. The van der Waals surface area contributed by atoms with E-state index in [0.29, 0.717) is 17.7 Å². The number of carboxylic acids is 1. The quantitative estimate of drug-likeness (QED) is 0.642. The molecular weight excluding hydrogens is 355 g/mol. The van der Waals surface area contributed by atoms with Crippen LogP contribution in [0, 0.1) is 12.8 Å². The summed E-state index contributed by atoms with van der Waals surface area (Å²) in [5, 5.41) is 11.2. The van der Waals surface area contributed by atoms with Crippen LogP contribution in [0.3, 0.4) is 0 Å². The predicted molar refractivity (Wildman–Crippen MR) is 98.5 cm³/mol. The Bertz CT molecular complexity index is 757. The Labute approximate surface area is 157 Å². The number of ketones is 1. The number of alkyl halides is 1. The highest BCUT2D eigenvalue weighted by atomic mass is 19.1. The van der Waals surface area contributed by atoms with Crippen LogP contribution in [-0.4, -0.2) is 40.0 Å². The second-order valence-electron chi connectivity index (χ2n) is 6.98. The number of carbonyl (C=O) groups excluding carboxylic acids is 2. The van der Waals surface area contributed by atoms with Crippen molar-refractivity contribution in [2.75, 3.05) is 6.67 Å². The molecule has 0 aromatic carbocycles. The van der Waals surface area contributed by atoms with Crippen LogP contribution < -0.4 is 10.9 Å². The minimum absolute atomic E-state index is 0.231. The van der Waals surface area contributed by atoms with Crippen molar-refractivity contribution >= 4 is 17.7 Å². The molecule has 0 fully saturated rings. The summed E-state index contributed by atoms with van der Waals surface area (Å²) in [6.45, 7) is 6.48. The lowest BCUT2D eigenvalue weighted by Gasteiger charge is -2.22. The molecule has 0 bridgehead atoms. The molecule has 1 heterocycles. The summed E-state index contributed by atoms with van der Waals surface area (Å²) in [5.41, 5.74) is 0.644. The van der Waals surface area contributed by atoms with Crippen LogP contribution in [0.25, 0.3) is 0 Å². The van der Waals surface area contributed by atoms with Gasteiger partial charge in [-0.1, -0.05) is 20.8 Å². The summed E-state index contributed by atoms with van der Waals surface area (Å²) in [5.74, 6) is -3.63. The van der Waals surface area contributed by atoms with Crippen molar-refractivity contribution in [3.63, 3.8) is 0 Å². The van der Waals surface area contributed by atoms with Crippen molar-refractivity contribution in [3.8, 4) is 0 Å². The molecule has 0 aliphatic heterocycles. The summed E-state index contributed by atoms with van der Waals surface area (Å²) in [6, 6.07) is 0.284. The molecule has 2 N–H and O–H groups in total. The topological polar surface area (TPSA) is 105 Å². The molecule has 0 spiro atoms. The maximum Gasteiger partial charge on any atom is 0.305 e. The number of hydrogen-bond donors (Lipinski definition) is 2. The van der Waals surface area contributed by atoms with E-state index in [4.69, 9.17) is 5.11 Å². The van der Waals surface area contributed by atoms with Crippen LogP contribution in [-0.2, 0) is 20.9 Å². The lowest BCUT2D eigenvalue weighted by atomic mass is 9.92. The van der Waals surface area contributed by atoms with E-state index in [1.165, 1.54) is 4.57 Å². The number of hydrogen-bond acceptors (Lipinski definition) is 4. The molecule has 1 aromatic heterocycles. The molecule has 2 unspecified atom stereocenters. The summed E-state index contributed by atoms with van der Waals surface area (Å²) in [4.78, 5) is 48.1. The highest BCUT2D eigenvalue weighted by molar-refractivity contribution is 5.94. The maximum absolute atomic E-state index is 12.8. The number of carbonyl (C=O) groups is 3. The van der Waals surface area contributed by atoms with Gasteiger partial charge in [-0.05, 0) is 30.9 Å². The third-order valence-electron chi connectivity index (χ3n) is 4.27. The van der Waals surface area contributed by atoms with E-state index in [1.807, 2.05) is 13.8 Å². The van der Waals surface area contributed by atoms with Crippen molar-refractivity contribution in [1.29, 1.82) is 0 Å². The number of halogens is 1. The number of aryl methyl sites for hydroxylation is 1. The fourth-order valence-electron chi connectivity index (χ4n) is 2.95. The molecule has 1 aromatic rings. The van der Waals surface area contributed by atoms with Crippen LogP contribution in [0.1, 0.15) is 50.7 Å². The van der Waals surface area contributed by atoms with Crippen LogP contribution in [0.4, 0.5) is 4.39 Å². The number of nitrogens with one attached hydrogen (secondary N) is 1. The first-order valence-corrected chi connectivity index (χ1v) is 8.93. The number of pyridine rings is 1. The van der Waals surface area contributed by atoms with Crippen molar-refractivity contribution in [2.45, 2.75) is 59.0 Å². The van der Waals surface area contributed by atoms with Gasteiger partial charge >= 0.3 is 5.97 Å². The molecule has 8 heteroatoms. The molecule has 0 aliphatic carbocycles. The average molecular weight is 382 g/mol. The maximum atomic E-state index is 12.8. The highest BCUT2D eigenvalue weighted by Crippen LogP contribution is 2.21. The van der Waals surface area contributed by atoms with Gasteiger partial charge in [-0.25, -0.2) is 4.39 Å². The van der Waals surface area contributed by atoms with Gasteiger partial charge in [0.2, 0.25) is 5.91 Å². The third-order valence-corrected chi connectivity index (χ3v) is 4.27. The first kappa shape index (κ1) is 22.5. The van der Waals surface area contributed by atoms with Crippen molar-refractivity contribution in [1.82, 2.24) is 9.88 Å². The minimum Gasteiger partial charge on any atom is -0.481 e. The van der Waals surface area contributed by atoms with Crippen LogP contribution in [0.15, 0.2) is 17.1 Å². The highest BCUT2D eigenvalue weighted by Gasteiger charge is 2.29.